The molecular weight excluding hydrogens is 186 g/mol. The normalized spacial score (nSPS) is 25.4. The van der Waals surface area contributed by atoms with Crippen LogP contribution in [-0.4, -0.2) is 18.4 Å². The Bertz CT molecular complexity index is 157. The summed E-state index contributed by atoms with van der Waals surface area (Å²) in [5.74, 6) is 1.32. The highest BCUT2D eigenvalue weighted by Gasteiger charge is 2.28. The predicted octanol–water partition coefficient (Wildman–Crippen LogP) is 2.25. The maximum Gasteiger partial charge on any atom is 0.0831 e. The van der Waals surface area contributed by atoms with Crippen LogP contribution in [0.25, 0.3) is 0 Å². The minimum atomic E-state index is 0. The number of aliphatic imine (C=N–C) groups is 1. The molecule has 0 fully saturated rings. The van der Waals surface area contributed by atoms with Crippen molar-refractivity contribution in [3.63, 3.8) is 0 Å². The van der Waals surface area contributed by atoms with Crippen LogP contribution < -0.4 is 11.5 Å². The fourth-order valence-corrected chi connectivity index (χ4v) is 1.58. The summed E-state index contributed by atoms with van der Waals surface area (Å²) < 4.78 is 0. The monoisotopic (exact) mass is 207 g/mol. The number of nitrogens with zero attached hydrogens (tertiary/aromatic N) is 1. The molecule has 2 atom stereocenters. The Balaban J connectivity index is 0. The lowest BCUT2D eigenvalue weighted by Crippen LogP contribution is -2.39. The van der Waals surface area contributed by atoms with Gasteiger partial charge in [0, 0.05) is 0 Å². The SMILES string of the molecule is CC(C)C1N=CNC1C(C)C.Cl.N. The van der Waals surface area contributed by atoms with Crippen molar-refractivity contribution in [3.05, 3.63) is 0 Å². The van der Waals surface area contributed by atoms with Gasteiger partial charge in [0.25, 0.3) is 0 Å². The third-order valence-electron chi connectivity index (χ3n) is 2.28. The molecule has 2 unspecified atom stereocenters. The van der Waals surface area contributed by atoms with Crippen molar-refractivity contribution in [1.29, 1.82) is 0 Å². The molecule has 0 aliphatic carbocycles. The lowest BCUT2D eigenvalue weighted by molar-refractivity contribution is 0.348. The van der Waals surface area contributed by atoms with E-state index in [0.717, 1.165) is 0 Å². The molecule has 0 amide bonds. The average Bonchev–Trinajstić information content (AvgIpc) is 2.32. The summed E-state index contributed by atoms with van der Waals surface area (Å²) in [5.41, 5.74) is 0. The fourth-order valence-electron chi connectivity index (χ4n) is 1.58. The van der Waals surface area contributed by atoms with Crippen LogP contribution >= 0.6 is 12.4 Å². The van der Waals surface area contributed by atoms with Gasteiger partial charge in [-0.2, -0.15) is 0 Å². The molecule has 1 aliphatic heterocycles. The van der Waals surface area contributed by atoms with Crippen molar-refractivity contribution >= 4 is 18.7 Å². The number of halogens is 1. The maximum atomic E-state index is 4.40. The molecule has 13 heavy (non-hydrogen) atoms. The fraction of sp³-hybridized carbons (Fsp3) is 0.889. The summed E-state index contributed by atoms with van der Waals surface area (Å²) >= 11 is 0. The van der Waals surface area contributed by atoms with Crippen LogP contribution in [0.1, 0.15) is 27.7 Å². The number of hydrogen-bond acceptors (Lipinski definition) is 3. The molecule has 0 saturated heterocycles. The highest BCUT2D eigenvalue weighted by Crippen LogP contribution is 2.19. The van der Waals surface area contributed by atoms with Crippen molar-refractivity contribution in [2.45, 2.75) is 39.8 Å². The van der Waals surface area contributed by atoms with E-state index in [1.807, 2.05) is 6.34 Å². The van der Waals surface area contributed by atoms with E-state index in [9.17, 15) is 0 Å². The van der Waals surface area contributed by atoms with E-state index in [-0.39, 0.29) is 18.6 Å². The third kappa shape index (κ3) is 3.53. The van der Waals surface area contributed by atoms with Crippen LogP contribution in [0.3, 0.4) is 0 Å². The van der Waals surface area contributed by atoms with Gasteiger partial charge >= 0.3 is 0 Å². The molecule has 0 saturated carbocycles. The predicted molar refractivity (Wildman–Crippen MR) is 61.1 cm³/mol. The Labute approximate surface area is 87.4 Å². The van der Waals surface area contributed by atoms with E-state index < -0.39 is 0 Å². The minimum absolute atomic E-state index is 0. The van der Waals surface area contributed by atoms with E-state index in [0.29, 0.717) is 23.9 Å². The smallest absolute Gasteiger partial charge is 0.0831 e. The summed E-state index contributed by atoms with van der Waals surface area (Å²) in [5, 5.41) is 3.30. The topological polar surface area (TPSA) is 59.4 Å². The summed E-state index contributed by atoms with van der Waals surface area (Å²) in [4.78, 5) is 4.40. The molecule has 1 rings (SSSR count). The van der Waals surface area contributed by atoms with Crippen molar-refractivity contribution < 1.29 is 0 Å². The number of hydrogen-bond donors (Lipinski definition) is 2. The standard InChI is InChI=1S/C9H18N2.ClH.H3N/c1-6(2)8-9(7(3)4)11-5-10-8;;/h5-9H,1-4H3,(H,10,11);1H;1H3. The zero-order chi connectivity index (χ0) is 8.43. The third-order valence-corrected chi connectivity index (χ3v) is 2.28. The van der Waals surface area contributed by atoms with Gasteiger partial charge in [-0.05, 0) is 11.8 Å². The first kappa shape index (κ1) is 15.2. The number of rotatable bonds is 2. The van der Waals surface area contributed by atoms with Gasteiger partial charge in [-0.1, -0.05) is 27.7 Å². The van der Waals surface area contributed by atoms with Crippen molar-refractivity contribution in [2.24, 2.45) is 16.8 Å². The lowest BCUT2D eigenvalue weighted by Gasteiger charge is -2.24. The van der Waals surface area contributed by atoms with E-state index in [1.54, 1.807) is 0 Å². The van der Waals surface area contributed by atoms with Gasteiger partial charge in [0.05, 0.1) is 18.4 Å². The van der Waals surface area contributed by atoms with Gasteiger partial charge in [-0.25, -0.2) is 0 Å². The molecular formula is C9H22ClN3. The zero-order valence-electron chi connectivity index (χ0n) is 8.95. The highest BCUT2D eigenvalue weighted by atomic mass is 35.5. The van der Waals surface area contributed by atoms with Gasteiger partial charge in [-0.15, -0.1) is 12.4 Å². The van der Waals surface area contributed by atoms with Crippen molar-refractivity contribution in [1.82, 2.24) is 11.5 Å². The van der Waals surface area contributed by atoms with Crippen LogP contribution in [-0.2, 0) is 0 Å². The maximum absolute atomic E-state index is 4.40. The Morgan fingerprint density at radius 2 is 1.69 bits per heavy atom. The molecule has 3 nitrogen and oxygen atoms in total. The second kappa shape index (κ2) is 6.22. The lowest BCUT2D eigenvalue weighted by atomic mass is 9.90. The highest BCUT2D eigenvalue weighted by molar-refractivity contribution is 5.85. The molecule has 0 aromatic heterocycles. The summed E-state index contributed by atoms with van der Waals surface area (Å²) in [7, 11) is 0. The van der Waals surface area contributed by atoms with E-state index in [1.165, 1.54) is 0 Å². The second-order valence-electron chi connectivity index (χ2n) is 3.95. The molecule has 0 aromatic rings. The molecule has 1 heterocycles. The molecule has 80 valence electrons. The Hall–Kier alpha value is -0.280. The summed E-state index contributed by atoms with van der Waals surface area (Å²) in [6, 6.07) is 1.03. The molecule has 4 heteroatoms. The van der Waals surface area contributed by atoms with E-state index in [2.05, 4.69) is 38.0 Å². The van der Waals surface area contributed by atoms with E-state index >= 15 is 0 Å². The summed E-state index contributed by atoms with van der Waals surface area (Å²) in [6.07, 6.45) is 1.86. The Morgan fingerprint density at radius 1 is 1.15 bits per heavy atom. The largest absolute Gasteiger partial charge is 0.371 e. The van der Waals surface area contributed by atoms with Crippen LogP contribution in [0.2, 0.25) is 0 Å². The van der Waals surface area contributed by atoms with Gasteiger partial charge in [0.1, 0.15) is 0 Å². The first-order valence-electron chi connectivity index (χ1n) is 4.40. The number of nitrogens with one attached hydrogen (secondary N) is 1. The molecule has 0 radical (unpaired) electrons. The molecule has 0 bridgehead atoms. The molecule has 0 aromatic carbocycles. The van der Waals surface area contributed by atoms with E-state index in [4.69, 9.17) is 0 Å². The van der Waals surface area contributed by atoms with Gasteiger partial charge in [-0.3, -0.25) is 4.99 Å². The first-order chi connectivity index (χ1) is 5.13. The van der Waals surface area contributed by atoms with Crippen molar-refractivity contribution in [2.75, 3.05) is 0 Å². The first-order valence-corrected chi connectivity index (χ1v) is 4.40. The van der Waals surface area contributed by atoms with Crippen LogP contribution in [0.4, 0.5) is 0 Å². The van der Waals surface area contributed by atoms with Crippen LogP contribution in [0, 0.1) is 11.8 Å². The van der Waals surface area contributed by atoms with Gasteiger partial charge in [0.2, 0.25) is 0 Å². The van der Waals surface area contributed by atoms with Gasteiger partial charge in [0.15, 0.2) is 0 Å². The Morgan fingerprint density at radius 3 is 2.00 bits per heavy atom. The minimum Gasteiger partial charge on any atom is -0.371 e. The average molecular weight is 208 g/mol. The molecule has 1 aliphatic rings. The molecule has 0 spiro atoms. The quantitative estimate of drug-likeness (QED) is 0.730. The van der Waals surface area contributed by atoms with Gasteiger partial charge < -0.3 is 11.5 Å². The second-order valence-corrected chi connectivity index (χ2v) is 3.95. The van der Waals surface area contributed by atoms with Crippen LogP contribution in [0.5, 0.6) is 0 Å². The van der Waals surface area contributed by atoms with Crippen molar-refractivity contribution in [3.8, 4) is 0 Å². The zero-order valence-corrected chi connectivity index (χ0v) is 9.77. The Kier molecular flexibility index (Phi) is 7.27. The molecule has 4 N–H and O–H groups in total. The summed E-state index contributed by atoms with van der Waals surface area (Å²) in [6.45, 7) is 8.93. The van der Waals surface area contributed by atoms with Crippen LogP contribution in [0.15, 0.2) is 4.99 Å².